The first kappa shape index (κ1) is 28.4. The number of nitriles is 1. The van der Waals surface area contributed by atoms with Gasteiger partial charge in [-0.2, -0.15) is 9.57 Å². The van der Waals surface area contributed by atoms with Gasteiger partial charge in [-0.1, -0.05) is 0 Å². The maximum absolute atomic E-state index is 11.9. The van der Waals surface area contributed by atoms with Crippen LogP contribution in [0.3, 0.4) is 0 Å². The predicted octanol–water partition coefficient (Wildman–Crippen LogP) is 2.40. The van der Waals surface area contributed by atoms with Crippen LogP contribution in [0.5, 0.6) is 0 Å². The second-order valence-corrected chi connectivity index (χ2v) is 10.3. The maximum atomic E-state index is 11.9. The molecular weight excluding hydrogens is 493 g/mol. The van der Waals surface area contributed by atoms with Crippen LogP contribution in [0.1, 0.15) is 37.7 Å². The number of rotatable bonds is 13. The van der Waals surface area contributed by atoms with Crippen LogP contribution in [-0.2, 0) is 38.1 Å². The first-order valence-electron chi connectivity index (χ1n) is 8.57. The molecule has 1 rings (SSSR count). The third-order valence-corrected chi connectivity index (χ3v) is 7.15. The summed E-state index contributed by atoms with van der Waals surface area (Å²) >= 11 is 0. The highest BCUT2D eigenvalue weighted by Gasteiger charge is 2.44. The van der Waals surface area contributed by atoms with Gasteiger partial charge in [-0.3, -0.25) is 14.2 Å². The lowest BCUT2D eigenvalue weighted by Crippen LogP contribution is -2.36. The zero-order chi connectivity index (χ0) is 24.7. The van der Waals surface area contributed by atoms with Crippen molar-refractivity contribution in [2.45, 2.75) is 39.3 Å². The largest absolute Gasteiger partial charge is 0.705 e. The van der Waals surface area contributed by atoms with Gasteiger partial charge in [0, 0.05) is 37.3 Å². The van der Waals surface area contributed by atoms with Crippen molar-refractivity contribution in [3.8, 4) is 6.07 Å². The minimum absolute atomic E-state index is 0.0142. The van der Waals surface area contributed by atoms with E-state index in [1.807, 2.05) is 0 Å². The summed E-state index contributed by atoms with van der Waals surface area (Å²) in [5.74, 6) is -0.0852. The number of aryl methyl sites for hydroxylation is 1. The number of carbonyl (C=O) groups is 1. The smallest absolute Gasteiger partial charge is 0.361 e. The van der Waals surface area contributed by atoms with Gasteiger partial charge in [0.15, 0.2) is 22.9 Å². The Morgan fingerprint density at radius 1 is 1.34 bits per heavy atom. The first-order valence-corrected chi connectivity index (χ1v) is 12.7. The molecule has 0 saturated heterocycles. The zero-order valence-corrected chi connectivity index (χ0v) is 20.1. The number of methoxy groups -OCH3 is 1. The lowest BCUT2D eigenvalue weighted by molar-refractivity contribution is -0.0162. The van der Waals surface area contributed by atoms with E-state index in [1.54, 1.807) is 19.9 Å². The molecule has 15 nitrogen and oxygen atoms in total. The number of ketones is 1. The summed E-state index contributed by atoms with van der Waals surface area (Å²) < 4.78 is 52.4. The fourth-order valence-corrected chi connectivity index (χ4v) is 4.92. The van der Waals surface area contributed by atoms with E-state index in [1.165, 1.54) is 17.8 Å². The minimum atomic E-state index is -5.41. The van der Waals surface area contributed by atoms with Crippen LogP contribution >= 0.6 is 23.9 Å². The molecule has 0 aromatic carbocycles. The van der Waals surface area contributed by atoms with Gasteiger partial charge in [-0.25, -0.2) is 19.1 Å². The first-order chi connectivity index (χ1) is 14.7. The molecule has 0 amide bonds. The van der Waals surface area contributed by atoms with Gasteiger partial charge in [-0.05, 0) is 18.2 Å². The van der Waals surface area contributed by atoms with Crippen molar-refractivity contribution < 1.29 is 51.1 Å². The van der Waals surface area contributed by atoms with Crippen molar-refractivity contribution >= 4 is 41.2 Å². The summed E-state index contributed by atoms with van der Waals surface area (Å²) in [4.78, 5) is 47.3. The molecule has 0 spiro atoms. The van der Waals surface area contributed by atoms with E-state index in [0.29, 0.717) is 5.71 Å². The van der Waals surface area contributed by atoms with E-state index in [-0.39, 0.29) is 30.3 Å². The Labute approximate surface area is 183 Å². The number of Topliss-reactive ketones (excluding diaryl/α,β-unsaturated/α-hetero) is 1. The fraction of sp³-hybridized carbons (Fsp3) is 0.571. The molecule has 1 heterocycles. The maximum Gasteiger partial charge on any atom is 0.705 e. The Morgan fingerprint density at radius 2 is 1.97 bits per heavy atom. The van der Waals surface area contributed by atoms with Gasteiger partial charge in [0.1, 0.15) is 12.7 Å². The van der Waals surface area contributed by atoms with Gasteiger partial charge >= 0.3 is 23.9 Å². The number of hydrogen-bond acceptors (Lipinski definition) is 11. The number of aliphatic imine (C=N–C) groups is 1. The van der Waals surface area contributed by atoms with E-state index < -0.39 is 36.1 Å². The standard InChI is InChI=1S/C14H21N4O11P3/c1-10(2)17-13-12(11(3)19)16-9-18(13)6-5-14(7-15,26-4)8-27-31(22,23)29-32(24,25)28-30(20)21/h9H,5-6,8H2,1-4H3,(H2-,20,21,22,23,24,25)/p+1/t14-/m1/s1. The quantitative estimate of drug-likeness (QED) is 0.195. The molecule has 3 unspecified atom stereocenters. The Hall–Kier alpha value is -1.68. The number of nitrogens with zero attached hydrogens (tertiary/aromatic N) is 4. The molecule has 3 N–H and O–H groups in total. The Balaban J connectivity index is 3.01. The van der Waals surface area contributed by atoms with Crippen LogP contribution < -0.4 is 0 Å². The van der Waals surface area contributed by atoms with E-state index in [2.05, 4.69) is 23.1 Å². The van der Waals surface area contributed by atoms with E-state index in [9.17, 15) is 33.5 Å². The monoisotopic (exact) mass is 515 g/mol. The minimum Gasteiger partial charge on any atom is -0.361 e. The van der Waals surface area contributed by atoms with E-state index in [0.717, 1.165) is 7.11 Å². The number of hydrogen-bond donors (Lipinski definition) is 3. The number of phosphoric acid groups is 2. The molecule has 0 radical (unpaired) electrons. The molecule has 18 heteroatoms. The van der Waals surface area contributed by atoms with Gasteiger partial charge in [0.25, 0.3) is 0 Å². The third-order valence-electron chi connectivity index (χ3n) is 3.66. The van der Waals surface area contributed by atoms with Crippen molar-refractivity contribution in [3.63, 3.8) is 0 Å². The molecule has 32 heavy (non-hydrogen) atoms. The second kappa shape index (κ2) is 11.4. The van der Waals surface area contributed by atoms with Gasteiger partial charge in [-0.15, -0.1) is 4.89 Å². The summed E-state index contributed by atoms with van der Waals surface area (Å²) in [6.07, 6.45) is 1.17. The van der Waals surface area contributed by atoms with Crippen molar-refractivity contribution in [1.82, 2.24) is 9.55 Å². The molecule has 178 valence electrons. The SMILES string of the molecule is CO[C@@](C#N)(CCn1cnc(C(C)=O)c1N=C(C)C)COP(=O)(O)OP(=O)(O)O[P+](=O)O. The number of imidazole rings is 1. The molecule has 0 aliphatic heterocycles. The normalized spacial score (nSPS) is 17.4. The lowest BCUT2D eigenvalue weighted by atomic mass is 10.0. The number of carbonyl (C=O) groups excluding carboxylic acids is 1. The van der Waals surface area contributed by atoms with Gasteiger partial charge < -0.3 is 14.2 Å². The lowest BCUT2D eigenvalue weighted by Gasteiger charge is -2.26. The molecule has 0 aliphatic rings. The highest BCUT2D eigenvalue weighted by molar-refractivity contribution is 7.64. The second-order valence-electron chi connectivity index (χ2n) is 6.40. The van der Waals surface area contributed by atoms with E-state index >= 15 is 0 Å². The van der Waals surface area contributed by atoms with Crippen LogP contribution in [0.4, 0.5) is 5.82 Å². The Morgan fingerprint density at radius 3 is 2.44 bits per heavy atom. The average molecular weight is 515 g/mol. The molecular formula is C14H22N4O11P3+. The van der Waals surface area contributed by atoms with Crippen LogP contribution in [-0.4, -0.2) is 55.0 Å². The molecule has 4 atom stereocenters. The highest BCUT2D eigenvalue weighted by atomic mass is 31.3. The van der Waals surface area contributed by atoms with Crippen LogP contribution in [0.2, 0.25) is 0 Å². The molecule has 1 aromatic heterocycles. The molecule has 0 fully saturated rings. The highest BCUT2D eigenvalue weighted by Crippen LogP contribution is 2.63. The van der Waals surface area contributed by atoms with Crippen molar-refractivity contribution in [3.05, 3.63) is 12.0 Å². The number of aromatic nitrogens is 2. The topological polar surface area (TPSA) is 220 Å². The van der Waals surface area contributed by atoms with Crippen LogP contribution in [0, 0.1) is 11.3 Å². The van der Waals surface area contributed by atoms with E-state index in [4.69, 9.17) is 9.63 Å². The fourth-order valence-electron chi connectivity index (χ4n) is 2.23. The molecule has 0 saturated carbocycles. The third kappa shape index (κ3) is 8.69. The molecule has 1 aromatic rings. The van der Waals surface area contributed by atoms with Crippen LogP contribution in [0.25, 0.3) is 0 Å². The van der Waals surface area contributed by atoms with Gasteiger partial charge in [0.05, 0.1) is 6.33 Å². The summed E-state index contributed by atoms with van der Waals surface area (Å²) in [6.45, 7) is 3.84. The van der Waals surface area contributed by atoms with Crippen molar-refractivity contribution in [2.24, 2.45) is 4.99 Å². The van der Waals surface area contributed by atoms with Gasteiger partial charge in [0.2, 0.25) is 0 Å². The summed E-state index contributed by atoms with van der Waals surface area (Å²) in [6, 6.07) is 1.77. The summed E-state index contributed by atoms with van der Waals surface area (Å²) in [5.41, 5.74) is -1.10. The number of ether oxygens (including phenoxy) is 1. The Kier molecular flexibility index (Phi) is 10.1. The summed E-state index contributed by atoms with van der Waals surface area (Å²) in [7, 11) is -13.2. The summed E-state index contributed by atoms with van der Waals surface area (Å²) in [5, 5.41) is 9.54. The molecule has 0 bridgehead atoms. The van der Waals surface area contributed by atoms with Crippen molar-refractivity contribution in [1.29, 1.82) is 5.26 Å². The van der Waals surface area contributed by atoms with Crippen molar-refractivity contribution in [2.75, 3.05) is 13.7 Å². The Bertz CT molecular complexity index is 1030. The number of phosphoric ester groups is 1. The molecule has 0 aliphatic carbocycles. The predicted molar refractivity (Wildman–Crippen MR) is 108 cm³/mol. The zero-order valence-electron chi connectivity index (χ0n) is 17.4. The average Bonchev–Trinajstić information content (AvgIpc) is 3.02. The van der Waals surface area contributed by atoms with Crippen LogP contribution in [0.15, 0.2) is 11.3 Å².